The molecular weight excluding hydrogens is 356 g/mol. The molecule has 0 aromatic heterocycles. The van der Waals surface area contributed by atoms with Gasteiger partial charge in [-0.3, -0.25) is 9.59 Å². The molecule has 0 spiro atoms. The third-order valence-corrected chi connectivity index (χ3v) is 4.71. The van der Waals surface area contributed by atoms with Crippen molar-refractivity contribution in [2.75, 3.05) is 38.7 Å². The van der Waals surface area contributed by atoms with Gasteiger partial charge in [0.1, 0.15) is 12.4 Å². The maximum absolute atomic E-state index is 12.5. The van der Waals surface area contributed by atoms with Crippen molar-refractivity contribution < 1.29 is 19.1 Å². The second-order valence-electron chi connectivity index (χ2n) is 6.75. The lowest BCUT2D eigenvalue weighted by atomic mass is 10.1. The first-order chi connectivity index (χ1) is 13.7. The second kappa shape index (κ2) is 9.90. The van der Waals surface area contributed by atoms with Crippen LogP contribution in [-0.4, -0.2) is 50.1 Å². The van der Waals surface area contributed by atoms with Gasteiger partial charge in [-0.25, -0.2) is 0 Å². The fourth-order valence-corrected chi connectivity index (χ4v) is 3.12. The van der Waals surface area contributed by atoms with E-state index in [0.29, 0.717) is 35.8 Å². The molecule has 6 nitrogen and oxygen atoms in total. The topological polar surface area (TPSA) is 67.9 Å². The number of anilines is 1. The first-order valence-corrected chi connectivity index (χ1v) is 9.60. The number of carbonyl (C=O) groups excluding carboxylic acids is 2. The highest BCUT2D eigenvalue weighted by Crippen LogP contribution is 2.17. The van der Waals surface area contributed by atoms with E-state index >= 15 is 0 Å². The van der Waals surface area contributed by atoms with Crippen LogP contribution in [0.1, 0.15) is 40.0 Å². The van der Waals surface area contributed by atoms with Gasteiger partial charge in [-0.05, 0) is 67.8 Å². The minimum absolute atomic E-state index is 0.0571. The standard InChI is InChI=1S/C22H26N2O4/c1-27-15-16-28-20-11-7-17(8-12-20)21(25)23-19-9-5-18(6-10-19)22(26)24-13-3-2-4-14-24/h5-12H,2-4,13-16H2,1H3,(H,23,25). The number of nitrogens with one attached hydrogen (secondary N) is 1. The van der Waals surface area contributed by atoms with E-state index in [-0.39, 0.29) is 11.8 Å². The number of methoxy groups -OCH3 is 1. The largest absolute Gasteiger partial charge is 0.491 e. The molecule has 1 N–H and O–H groups in total. The van der Waals surface area contributed by atoms with Crippen LogP contribution in [0.5, 0.6) is 5.75 Å². The van der Waals surface area contributed by atoms with E-state index in [0.717, 1.165) is 25.9 Å². The molecule has 6 heteroatoms. The smallest absolute Gasteiger partial charge is 0.255 e. The summed E-state index contributed by atoms with van der Waals surface area (Å²) in [7, 11) is 1.62. The summed E-state index contributed by atoms with van der Waals surface area (Å²) < 4.78 is 10.4. The van der Waals surface area contributed by atoms with E-state index in [2.05, 4.69) is 5.32 Å². The fraction of sp³-hybridized carbons (Fsp3) is 0.364. The van der Waals surface area contributed by atoms with Crippen molar-refractivity contribution in [3.8, 4) is 5.75 Å². The summed E-state index contributed by atoms with van der Waals surface area (Å²) >= 11 is 0. The van der Waals surface area contributed by atoms with Crippen LogP contribution in [0.25, 0.3) is 0 Å². The van der Waals surface area contributed by atoms with Gasteiger partial charge in [0.25, 0.3) is 11.8 Å². The van der Waals surface area contributed by atoms with Gasteiger partial charge in [-0.15, -0.1) is 0 Å². The number of ether oxygens (including phenoxy) is 2. The number of hydrogen-bond donors (Lipinski definition) is 1. The second-order valence-corrected chi connectivity index (χ2v) is 6.75. The van der Waals surface area contributed by atoms with Crippen LogP contribution in [0.15, 0.2) is 48.5 Å². The predicted molar refractivity (Wildman–Crippen MR) is 108 cm³/mol. The molecule has 2 aromatic carbocycles. The monoisotopic (exact) mass is 382 g/mol. The van der Waals surface area contributed by atoms with Gasteiger partial charge in [0, 0.05) is 37.0 Å². The third kappa shape index (κ3) is 5.33. The van der Waals surface area contributed by atoms with Crippen molar-refractivity contribution in [3.05, 3.63) is 59.7 Å². The summed E-state index contributed by atoms with van der Waals surface area (Å²) in [6.45, 7) is 2.62. The van der Waals surface area contributed by atoms with Crippen LogP contribution in [0.3, 0.4) is 0 Å². The average Bonchev–Trinajstić information content (AvgIpc) is 2.75. The maximum atomic E-state index is 12.5. The Kier molecular flexibility index (Phi) is 7.03. The summed E-state index contributed by atoms with van der Waals surface area (Å²) in [5, 5.41) is 2.85. The molecule has 1 aliphatic rings. The number of amides is 2. The molecule has 2 amide bonds. The number of rotatable bonds is 7. The van der Waals surface area contributed by atoms with Crippen LogP contribution in [0.2, 0.25) is 0 Å². The lowest BCUT2D eigenvalue weighted by molar-refractivity contribution is 0.0724. The van der Waals surface area contributed by atoms with Crippen molar-refractivity contribution in [2.45, 2.75) is 19.3 Å². The highest BCUT2D eigenvalue weighted by molar-refractivity contribution is 6.04. The fourth-order valence-electron chi connectivity index (χ4n) is 3.12. The number of piperidine rings is 1. The summed E-state index contributed by atoms with van der Waals surface area (Å²) in [6.07, 6.45) is 3.32. The Balaban J connectivity index is 1.56. The van der Waals surface area contributed by atoms with Crippen LogP contribution < -0.4 is 10.1 Å². The lowest BCUT2D eigenvalue weighted by Gasteiger charge is -2.26. The number of carbonyl (C=O) groups is 2. The van der Waals surface area contributed by atoms with Crippen molar-refractivity contribution >= 4 is 17.5 Å². The Bertz CT molecular complexity index is 781. The molecule has 2 aromatic rings. The molecule has 0 unspecified atom stereocenters. The number of benzene rings is 2. The molecule has 0 bridgehead atoms. The van der Waals surface area contributed by atoms with Gasteiger partial charge in [-0.2, -0.15) is 0 Å². The van der Waals surface area contributed by atoms with Crippen molar-refractivity contribution in [2.24, 2.45) is 0 Å². The zero-order chi connectivity index (χ0) is 19.8. The van der Waals surface area contributed by atoms with Gasteiger partial charge in [0.15, 0.2) is 0 Å². The Labute approximate surface area is 165 Å². The molecule has 28 heavy (non-hydrogen) atoms. The van der Waals surface area contributed by atoms with Crippen LogP contribution >= 0.6 is 0 Å². The van der Waals surface area contributed by atoms with Crippen LogP contribution in [0, 0.1) is 0 Å². The highest BCUT2D eigenvalue weighted by Gasteiger charge is 2.18. The minimum Gasteiger partial charge on any atom is -0.491 e. The maximum Gasteiger partial charge on any atom is 0.255 e. The normalized spacial score (nSPS) is 13.8. The van der Waals surface area contributed by atoms with Gasteiger partial charge < -0.3 is 19.7 Å². The molecule has 0 atom stereocenters. The zero-order valence-electron chi connectivity index (χ0n) is 16.1. The van der Waals surface area contributed by atoms with Crippen molar-refractivity contribution in [3.63, 3.8) is 0 Å². The van der Waals surface area contributed by atoms with E-state index in [1.165, 1.54) is 6.42 Å². The van der Waals surface area contributed by atoms with E-state index < -0.39 is 0 Å². The van der Waals surface area contributed by atoms with Crippen LogP contribution in [-0.2, 0) is 4.74 Å². The summed E-state index contributed by atoms with van der Waals surface area (Å²) in [4.78, 5) is 26.8. The summed E-state index contributed by atoms with van der Waals surface area (Å²) in [5.41, 5.74) is 1.84. The molecule has 1 saturated heterocycles. The average molecular weight is 382 g/mol. The zero-order valence-corrected chi connectivity index (χ0v) is 16.1. The Hall–Kier alpha value is -2.86. The van der Waals surface area contributed by atoms with Crippen molar-refractivity contribution in [1.29, 1.82) is 0 Å². The molecular formula is C22H26N2O4. The molecule has 148 valence electrons. The van der Waals surface area contributed by atoms with Gasteiger partial charge in [-0.1, -0.05) is 0 Å². The molecule has 0 aliphatic carbocycles. The highest BCUT2D eigenvalue weighted by atomic mass is 16.5. The lowest BCUT2D eigenvalue weighted by Crippen LogP contribution is -2.35. The van der Waals surface area contributed by atoms with E-state index in [4.69, 9.17) is 9.47 Å². The summed E-state index contributed by atoms with van der Waals surface area (Å²) in [5.74, 6) is 0.536. The van der Waals surface area contributed by atoms with E-state index in [1.54, 1.807) is 55.6 Å². The van der Waals surface area contributed by atoms with Gasteiger partial charge in [0.2, 0.25) is 0 Å². The van der Waals surface area contributed by atoms with Gasteiger partial charge >= 0.3 is 0 Å². The number of hydrogen-bond acceptors (Lipinski definition) is 4. The molecule has 1 fully saturated rings. The van der Waals surface area contributed by atoms with Crippen molar-refractivity contribution in [1.82, 2.24) is 4.90 Å². The summed E-state index contributed by atoms with van der Waals surface area (Å²) in [6, 6.07) is 14.0. The SMILES string of the molecule is COCCOc1ccc(C(=O)Nc2ccc(C(=O)N3CCCCC3)cc2)cc1. The molecule has 3 rings (SSSR count). The molecule has 0 saturated carbocycles. The Morgan fingerprint density at radius 3 is 2.18 bits per heavy atom. The Morgan fingerprint density at radius 1 is 0.893 bits per heavy atom. The van der Waals surface area contributed by atoms with E-state index in [9.17, 15) is 9.59 Å². The molecule has 1 heterocycles. The quantitative estimate of drug-likeness (QED) is 0.743. The first kappa shape index (κ1) is 19.9. The Morgan fingerprint density at radius 2 is 1.54 bits per heavy atom. The molecule has 0 radical (unpaired) electrons. The number of likely N-dealkylation sites (tertiary alicyclic amines) is 1. The third-order valence-electron chi connectivity index (χ3n) is 4.71. The predicted octanol–water partition coefficient (Wildman–Crippen LogP) is 3.59. The minimum atomic E-state index is -0.210. The van der Waals surface area contributed by atoms with Gasteiger partial charge in [0.05, 0.1) is 6.61 Å². The molecule has 1 aliphatic heterocycles. The number of nitrogens with zero attached hydrogens (tertiary/aromatic N) is 1. The van der Waals surface area contributed by atoms with E-state index in [1.807, 2.05) is 4.90 Å². The van der Waals surface area contributed by atoms with Crippen LogP contribution in [0.4, 0.5) is 5.69 Å². The first-order valence-electron chi connectivity index (χ1n) is 9.60.